The van der Waals surface area contributed by atoms with Gasteiger partial charge in [0.2, 0.25) is 0 Å². The second-order valence-electron chi connectivity index (χ2n) is 4.68. The van der Waals surface area contributed by atoms with Crippen LogP contribution in [0.5, 0.6) is 11.5 Å². The third-order valence-corrected chi connectivity index (χ3v) is 3.11. The van der Waals surface area contributed by atoms with E-state index in [1.54, 1.807) is 6.20 Å². The molecular weight excluding hydrogens is 246 g/mol. The number of hydrogen-bond donors (Lipinski definition) is 0. The van der Waals surface area contributed by atoms with Crippen LogP contribution in [0.3, 0.4) is 0 Å². The maximum Gasteiger partial charge on any atom is 0.127 e. The standard InChI is InChI=1S/C18H15NO/c1-14-4-8-17(9-5-14)20-18-10-6-15(7-11-18)16-3-2-12-19-13-16/h2-13H,1H3. The van der Waals surface area contributed by atoms with E-state index in [0.717, 1.165) is 22.6 Å². The van der Waals surface area contributed by atoms with Crippen LogP contribution < -0.4 is 4.74 Å². The second-order valence-corrected chi connectivity index (χ2v) is 4.68. The average molecular weight is 261 g/mol. The lowest BCUT2D eigenvalue weighted by molar-refractivity contribution is 0.482. The number of nitrogens with zero attached hydrogens (tertiary/aromatic N) is 1. The van der Waals surface area contributed by atoms with E-state index in [0.29, 0.717) is 0 Å². The highest BCUT2D eigenvalue weighted by Gasteiger charge is 2.00. The van der Waals surface area contributed by atoms with Crippen molar-refractivity contribution < 1.29 is 4.74 Å². The molecule has 0 N–H and O–H groups in total. The summed E-state index contributed by atoms with van der Waals surface area (Å²) in [5, 5.41) is 0. The van der Waals surface area contributed by atoms with Gasteiger partial charge in [-0.1, -0.05) is 35.9 Å². The van der Waals surface area contributed by atoms with E-state index in [4.69, 9.17) is 4.74 Å². The van der Waals surface area contributed by atoms with Gasteiger partial charge in [-0.05, 0) is 48.4 Å². The monoisotopic (exact) mass is 261 g/mol. The normalized spacial score (nSPS) is 10.2. The van der Waals surface area contributed by atoms with Crippen LogP contribution in [0, 0.1) is 6.92 Å². The Labute approximate surface area is 118 Å². The maximum atomic E-state index is 5.81. The zero-order chi connectivity index (χ0) is 13.8. The molecule has 3 rings (SSSR count). The summed E-state index contributed by atoms with van der Waals surface area (Å²) in [6.07, 6.45) is 3.63. The molecule has 0 fully saturated rings. The summed E-state index contributed by atoms with van der Waals surface area (Å²) in [5.74, 6) is 1.69. The van der Waals surface area contributed by atoms with Crippen molar-refractivity contribution in [2.45, 2.75) is 6.92 Å². The molecule has 0 spiro atoms. The molecule has 3 aromatic rings. The van der Waals surface area contributed by atoms with Crippen LogP contribution in [0.1, 0.15) is 5.56 Å². The fourth-order valence-corrected chi connectivity index (χ4v) is 1.99. The number of rotatable bonds is 3. The molecule has 0 amide bonds. The smallest absolute Gasteiger partial charge is 0.127 e. The Kier molecular flexibility index (Phi) is 3.46. The van der Waals surface area contributed by atoms with E-state index in [2.05, 4.69) is 11.9 Å². The van der Waals surface area contributed by atoms with Crippen LogP contribution in [0.4, 0.5) is 0 Å². The second kappa shape index (κ2) is 5.57. The van der Waals surface area contributed by atoms with Gasteiger partial charge in [-0.15, -0.1) is 0 Å². The van der Waals surface area contributed by atoms with Crippen molar-refractivity contribution in [1.82, 2.24) is 4.98 Å². The molecule has 2 nitrogen and oxygen atoms in total. The summed E-state index contributed by atoms with van der Waals surface area (Å²) < 4.78 is 5.81. The fraction of sp³-hybridized carbons (Fsp3) is 0.0556. The van der Waals surface area contributed by atoms with E-state index in [1.165, 1.54) is 5.56 Å². The largest absolute Gasteiger partial charge is 0.457 e. The quantitative estimate of drug-likeness (QED) is 0.672. The van der Waals surface area contributed by atoms with Crippen molar-refractivity contribution in [3.05, 3.63) is 78.6 Å². The van der Waals surface area contributed by atoms with Gasteiger partial charge < -0.3 is 4.74 Å². The lowest BCUT2D eigenvalue weighted by Crippen LogP contribution is -1.85. The lowest BCUT2D eigenvalue weighted by Gasteiger charge is -2.07. The average Bonchev–Trinajstić information content (AvgIpc) is 2.51. The number of aryl methyl sites for hydroxylation is 1. The van der Waals surface area contributed by atoms with Gasteiger partial charge in [0.05, 0.1) is 0 Å². The van der Waals surface area contributed by atoms with Crippen LogP contribution in [-0.4, -0.2) is 4.98 Å². The molecule has 0 saturated carbocycles. The van der Waals surface area contributed by atoms with Gasteiger partial charge in [-0.2, -0.15) is 0 Å². The number of pyridine rings is 1. The van der Waals surface area contributed by atoms with Gasteiger partial charge in [0, 0.05) is 12.4 Å². The minimum Gasteiger partial charge on any atom is -0.457 e. The Morgan fingerprint density at radius 3 is 2.00 bits per heavy atom. The molecule has 0 atom stereocenters. The van der Waals surface area contributed by atoms with E-state index >= 15 is 0 Å². The first-order chi connectivity index (χ1) is 9.81. The first kappa shape index (κ1) is 12.4. The van der Waals surface area contributed by atoms with E-state index in [-0.39, 0.29) is 0 Å². The first-order valence-electron chi connectivity index (χ1n) is 6.56. The van der Waals surface area contributed by atoms with E-state index < -0.39 is 0 Å². The molecule has 0 aliphatic carbocycles. The number of ether oxygens (including phenoxy) is 1. The van der Waals surface area contributed by atoms with Crippen molar-refractivity contribution >= 4 is 0 Å². The first-order valence-corrected chi connectivity index (χ1v) is 6.56. The molecule has 0 unspecified atom stereocenters. The molecule has 0 aliphatic rings. The zero-order valence-electron chi connectivity index (χ0n) is 11.3. The summed E-state index contributed by atoms with van der Waals surface area (Å²) >= 11 is 0. The SMILES string of the molecule is Cc1ccc(Oc2ccc(-c3cccnc3)cc2)cc1. The van der Waals surface area contributed by atoms with Crippen molar-refractivity contribution in [3.8, 4) is 22.6 Å². The molecule has 1 aromatic heterocycles. The summed E-state index contributed by atoms with van der Waals surface area (Å²) in [7, 11) is 0. The van der Waals surface area contributed by atoms with Crippen molar-refractivity contribution in [1.29, 1.82) is 0 Å². The maximum absolute atomic E-state index is 5.81. The van der Waals surface area contributed by atoms with Crippen molar-refractivity contribution in [2.75, 3.05) is 0 Å². The van der Waals surface area contributed by atoms with Gasteiger partial charge in [0.1, 0.15) is 11.5 Å². The zero-order valence-corrected chi connectivity index (χ0v) is 11.3. The topological polar surface area (TPSA) is 22.1 Å². The molecule has 20 heavy (non-hydrogen) atoms. The minimum atomic E-state index is 0.835. The molecule has 0 bridgehead atoms. The molecule has 0 aliphatic heterocycles. The molecule has 2 aromatic carbocycles. The summed E-state index contributed by atoms with van der Waals surface area (Å²) in [6, 6.07) is 20.0. The van der Waals surface area contributed by atoms with Gasteiger partial charge in [0.25, 0.3) is 0 Å². The highest BCUT2D eigenvalue weighted by Crippen LogP contribution is 2.25. The van der Waals surface area contributed by atoms with E-state index in [9.17, 15) is 0 Å². The summed E-state index contributed by atoms with van der Waals surface area (Å²) in [4.78, 5) is 4.13. The van der Waals surface area contributed by atoms with E-state index in [1.807, 2.05) is 66.9 Å². The lowest BCUT2D eigenvalue weighted by atomic mass is 10.1. The Hall–Kier alpha value is -2.61. The predicted octanol–water partition coefficient (Wildman–Crippen LogP) is 4.85. The van der Waals surface area contributed by atoms with Gasteiger partial charge in [-0.25, -0.2) is 0 Å². The third kappa shape index (κ3) is 2.86. The molecule has 0 radical (unpaired) electrons. The minimum absolute atomic E-state index is 0.835. The van der Waals surface area contributed by atoms with Crippen LogP contribution in [0.2, 0.25) is 0 Å². The van der Waals surface area contributed by atoms with Crippen molar-refractivity contribution in [3.63, 3.8) is 0 Å². The molecule has 2 heteroatoms. The highest BCUT2D eigenvalue weighted by molar-refractivity contribution is 5.63. The number of hydrogen-bond acceptors (Lipinski definition) is 2. The fourth-order valence-electron chi connectivity index (χ4n) is 1.99. The molecule has 98 valence electrons. The van der Waals surface area contributed by atoms with Crippen LogP contribution in [0.25, 0.3) is 11.1 Å². The molecular formula is C18H15NO. The highest BCUT2D eigenvalue weighted by atomic mass is 16.5. The summed E-state index contributed by atoms with van der Waals surface area (Å²) in [6.45, 7) is 2.06. The Balaban J connectivity index is 1.78. The molecule has 0 saturated heterocycles. The summed E-state index contributed by atoms with van der Waals surface area (Å²) in [5.41, 5.74) is 3.47. The Morgan fingerprint density at radius 1 is 0.750 bits per heavy atom. The Bertz CT molecular complexity index is 673. The number of benzene rings is 2. The van der Waals surface area contributed by atoms with Crippen LogP contribution in [0.15, 0.2) is 73.1 Å². The van der Waals surface area contributed by atoms with Crippen LogP contribution >= 0.6 is 0 Å². The molecule has 1 heterocycles. The van der Waals surface area contributed by atoms with Gasteiger partial charge >= 0.3 is 0 Å². The third-order valence-electron chi connectivity index (χ3n) is 3.11. The van der Waals surface area contributed by atoms with Gasteiger partial charge in [0.15, 0.2) is 0 Å². The predicted molar refractivity (Wildman–Crippen MR) is 80.9 cm³/mol. The van der Waals surface area contributed by atoms with Crippen molar-refractivity contribution in [2.24, 2.45) is 0 Å². The van der Waals surface area contributed by atoms with Gasteiger partial charge in [-0.3, -0.25) is 4.98 Å². The Morgan fingerprint density at radius 2 is 1.40 bits per heavy atom. The van der Waals surface area contributed by atoms with Crippen LogP contribution in [-0.2, 0) is 0 Å². The number of aromatic nitrogens is 1.